The second-order valence-corrected chi connectivity index (χ2v) is 5.71. The number of thiophene rings is 1. The molecule has 0 spiro atoms. The lowest BCUT2D eigenvalue weighted by atomic mass is 10.1. The number of hydrogen-bond acceptors (Lipinski definition) is 5. The highest BCUT2D eigenvalue weighted by molar-refractivity contribution is 7.10. The third kappa shape index (κ3) is 3.72. The summed E-state index contributed by atoms with van der Waals surface area (Å²) < 4.78 is 4.60. The van der Waals surface area contributed by atoms with Crippen LogP contribution < -0.4 is 5.32 Å². The van der Waals surface area contributed by atoms with E-state index >= 15 is 0 Å². The first-order chi connectivity index (χ1) is 10.5. The van der Waals surface area contributed by atoms with E-state index in [1.54, 1.807) is 12.1 Å². The second kappa shape index (κ2) is 7.20. The molecule has 0 fully saturated rings. The summed E-state index contributed by atoms with van der Waals surface area (Å²) in [6.07, 6.45) is -0.724. The largest absolute Gasteiger partial charge is 0.465 e. The van der Waals surface area contributed by atoms with E-state index in [1.165, 1.54) is 30.6 Å². The van der Waals surface area contributed by atoms with Crippen molar-refractivity contribution in [2.75, 3.05) is 13.7 Å². The van der Waals surface area contributed by atoms with Crippen LogP contribution in [0.1, 0.15) is 37.3 Å². The molecule has 0 aliphatic carbocycles. The van der Waals surface area contributed by atoms with Crippen molar-refractivity contribution in [2.24, 2.45) is 0 Å². The molecular formula is C16H17NO4S. The Morgan fingerprint density at radius 1 is 1.23 bits per heavy atom. The zero-order chi connectivity index (χ0) is 16.1. The van der Waals surface area contributed by atoms with Crippen LogP contribution >= 0.6 is 11.3 Å². The number of aliphatic hydroxyl groups is 1. The van der Waals surface area contributed by atoms with Crippen molar-refractivity contribution in [3.8, 4) is 0 Å². The standard InChI is InChI=1S/C16H17NO4S/c1-10-7-8-22-14(10)13(18)9-17-15(19)11-3-5-12(6-4-11)16(20)21-2/h3-8,13,18H,9H2,1-2H3,(H,17,19). The van der Waals surface area contributed by atoms with Gasteiger partial charge in [0.05, 0.1) is 12.7 Å². The van der Waals surface area contributed by atoms with Crippen LogP contribution in [-0.4, -0.2) is 30.6 Å². The number of rotatable bonds is 5. The average Bonchev–Trinajstić information content (AvgIpc) is 2.97. The Morgan fingerprint density at radius 3 is 2.41 bits per heavy atom. The first-order valence-electron chi connectivity index (χ1n) is 6.71. The van der Waals surface area contributed by atoms with Crippen molar-refractivity contribution in [3.05, 3.63) is 57.3 Å². The molecule has 0 aliphatic rings. The maximum Gasteiger partial charge on any atom is 0.337 e. The van der Waals surface area contributed by atoms with Crippen LogP contribution in [-0.2, 0) is 4.74 Å². The number of aryl methyl sites for hydroxylation is 1. The minimum atomic E-state index is -0.724. The van der Waals surface area contributed by atoms with E-state index in [0.717, 1.165) is 10.4 Å². The van der Waals surface area contributed by atoms with Crippen LogP contribution in [0.3, 0.4) is 0 Å². The Balaban J connectivity index is 1.95. The van der Waals surface area contributed by atoms with Gasteiger partial charge in [-0.3, -0.25) is 4.79 Å². The molecule has 6 heteroatoms. The van der Waals surface area contributed by atoms with Crippen LogP contribution in [0.2, 0.25) is 0 Å². The summed E-state index contributed by atoms with van der Waals surface area (Å²) in [4.78, 5) is 24.2. The third-order valence-corrected chi connectivity index (χ3v) is 4.35. The Hall–Kier alpha value is -2.18. The summed E-state index contributed by atoms with van der Waals surface area (Å²) in [5.41, 5.74) is 1.81. The number of esters is 1. The van der Waals surface area contributed by atoms with Gasteiger partial charge in [-0.2, -0.15) is 0 Å². The van der Waals surface area contributed by atoms with Gasteiger partial charge in [0, 0.05) is 17.0 Å². The molecule has 1 aromatic carbocycles. The summed E-state index contributed by atoms with van der Waals surface area (Å²) >= 11 is 1.46. The van der Waals surface area contributed by atoms with Crippen molar-refractivity contribution in [3.63, 3.8) is 0 Å². The lowest BCUT2D eigenvalue weighted by molar-refractivity contribution is 0.0600. The Labute approximate surface area is 132 Å². The summed E-state index contributed by atoms with van der Waals surface area (Å²) in [6, 6.07) is 8.08. The highest BCUT2D eigenvalue weighted by atomic mass is 32.1. The zero-order valence-electron chi connectivity index (χ0n) is 12.3. The number of nitrogens with one attached hydrogen (secondary N) is 1. The average molecular weight is 319 g/mol. The molecule has 0 radical (unpaired) electrons. The minimum Gasteiger partial charge on any atom is -0.465 e. The van der Waals surface area contributed by atoms with Crippen molar-refractivity contribution in [1.29, 1.82) is 0 Å². The Morgan fingerprint density at radius 2 is 1.86 bits per heavy atom. The van der Waals surface area contributed by atoms with E-state index in [9.17, 15) is 14.7 Å². The minimum absolute atomic E-state index is 0.138. The first-order valence-corrected chi connectivity index (χ1v) is 7.59. The summed E-state index contributed by atoms with van der Waals surface area (Å²) in [7, 11) is 1.30. The van der Waals surface area contributed by atoms with E-state index in [0.29, 0.717) is 11.1 Å². The highest BCUT2D eigenvalue weighted by Crippen LogP contribution is 2.23. The maximum atomic E-state index is 12.0. The van der Waals surface area contributed by atoms with Crippen LogP contribution in [0, 0.1) is 6.92 Å². The number of carbonyl (C=O) groups is 2. The zero-order valence-corrected chi connectivity index (χ0v) is 13.1. The lowest BCUT2D eigenvalue weighted by Crippen LogP contribution is -2.28. The Bertz CT molecular complexity index is 663. The molecule has 1 unspecified atom stereocenters. The molecule has 22 heavy (non-hydrogen) atoms. The van der Waals surface area contributed by atoms with Crippen LogP contribution in [0.4, 0.5) is 0 Å². The van der Waals surface area contributed by atoms with Crippen LogP contribution in [0.5, 0.6) is 0 Å². The van der Waals surface area contributed by atoms with Gasteiger partial charge in [-0.1, -0.05) is 0 Å². The molecule has 1 atom stereocenters. The number of methoxy groups -OCH3 is 1. The molecule has 2 N–H and O–H groups in total. The van der Waals surface area contributed by atoms with Gasteiger partial charge in [-0.15, -0.1) is 11.3 Å². The number of ether oxygens (including phenoxy) is 1. The number of aliphatic hydroxyl groups excluding tert-OH is 1. The van der Waals surface area contributed by atoms with Crippen molar-refractivity contribution < 1.29 is 19.4 Å². The highest BCUT2D eigenvalue weighted by Gasteiger charge is 2.14. The number of carbonyl (C=O) groups excluding carboxylic acids is 2. The van der Waals surface area contributed by atoms with E-state index in [4.69, 9.17) is 0 Å². The van der Waals surface area contributed by atoms with Gasteiger partial charge >= 0.3 is 5.97 Å². The van der Waals surface area contributed by atoms with E-state index < -0.39 is 12.1 Å². The van der Waals surface area contributed by atoms with Gasteiger partial charge in [-0.05, 0) is 48.2 Å². The molecular weight excluding hydrogens is 302 g/mol. The lowest BCUT2D eigenvalue weighted by Gasteiger charge is -2.11. The van der Waals surface area contributed by atoms with Gasteiger partial charge < -0.3 is 15.2 Å². The van der Waals surface area contributed by atoms with Gasteiger partial charge in [0.2, 0.25) is 0 Å². The van der Waals surface area contributed by atoms with E-state index in [1.807, 2.05) is 18.4 Å². The summed E-state index contributed by atoms with van der Waals surface area (Å²) in [6.45, 7) is 2.06. The molecule has 0 aliphatic heterocycles. The molecule has 1 heterocycles. The quantitative estimate of drug-likeness (QED) is 0.829. The molecule has 1 aromatic heterocycles. The fourth-order valence-corrected chi connectivity index (χ4v) is 2.90. The number of hydrogen-bond donors (Lipinski definition) is 2. The Kier molecular flexibility index (Phi) is 5.30. The summed E-state index contributed by atoms with van der Waals surface area (Å²) in [5, 5.41) is 14.7. The normalized spacial score (nSPS) is 11.8. The molecule has 5 nitrogen and oxygen atoms in total. The van der Waals surface area contributed by atoms with Crippen molar-refractivity contribution in [1.82, 2.24) is 5.32 Å². The van der Waals surface area contributed by atoms with Gasteiger partial charge in [0.1, 0.15) is 6.10 Å². The second-order valence-electron chi connectivity index (χ2n) is 4.76. The van der Waals surface area contributed by atoms with E-state index in [2.05, 4.69) is 10.1 Å². The number of amides is 1. The fraction of sp³-hybridized carbons (Fsp3) is 0.250. The topological polar surface area (TPSA) is 75.6 Å². The van der Waals surface area contributed by atoms with Crippen LogP contribution in [0.15, 0.2) is 35.7 Å². The monoisotopic (exact) mass is 319 g/mol. The maximum absolute atomic E-state index is 12.0. The van der Waals surface area contributed by atoms with Crippen LogP contribution in [0.25, 0.3) is 0 Å². The van der Waals surface area contributed by atoms with Crippen molar-refractivity contribution in [2.45, 2.75) is 13.0 Å². The third-order valence-electron chi connectivity index (χ3n) is 3.23. The van der Waals surface area contributed by atoms with Gasteiger partial charge in [0.15, 0.2) is 0 Å². The SMILES string of the molecule is COC(=O)c1ccc(C(=O)NCC(O)c2sccc2C)cc1. The molecule has 0 bridgehead atoms. The molecule has 1 amide bonds. The van der Waals surface area contributed by atoms with Gasteiger partial charge in [-0.25, -0.2) is 4.79 Å². The number of benzene rings is 1. The molecule has 0 saturated carbocycles. The predicted molar refractivity (Wildman–Crippen MR) is 84.1 cm³/mol. The van der Waals surface area contributed by atoms with E-state index in [-0.39, 0.29) is 12.5 Å². The molecule has 2 aromatic rings. The molecule has 2 rings (SSSR count). The van der Waals surface area contributed by atoms with Crippen molar-refractivity contribution >= 4 is 23.2 Å². The molecule has 0 saturated heterocycles. The predicted octanol–water partition coefficient (Wildman–Crippen LogP) is 2.31. The molecule has 116 valence electrons. The summed E-state index contributed by atoms with van der Waals surface area (Å²) in [5.74, 6) is -0.750. The fourth-order valence-electron chi connectivity index (χ4n) is 1.99. The van der Waals surface area contributed by atoms with Gasteiger partial charge in [0.25, 0.3) is 5.91 Å². The smallest absolute Gasteiger partial charge is 0.337 e. The first kappa shape index (κ1) is 16.2.